The first-order valence-corrected chi connectivity index (χ1v) is 5.65. The van der Waals surface area contributed by atoms with Crippen LogP contribution in [0.15, 0.2) is 24.3 Å². The molecule has 0 radical (unpaired) electrons. The number of alkyl halides is 1. The van der Waals surface area contributed by atoms with Gasteiger partial charge in [0.05, 0.1) is 5.41 Å². The second-order valence-corrected chi connectivity index (χ2v) is 4.52. The van der Waals surface area contributed by atoms with Gasteiger partial charge in [-0.15, -0.1) is 0 Å². The number of hydrogen-bond donors (Lipinski definition) is 0. The summed E-state index contributed by atoms with van der Waals surface area (Å²) in [5, 5.41) is 0. The van der Waals surface area contributed by atoms with Crippen molar-refractivity contribution in [1.82, 2.24) is 0 Å². The Morgan fingerprint density at radius 3 is 2.94 bits per heavy atom. The lowest BCUT2D eigenvalue weighted by Gasteiger charge is -2.36. The quantitative estimate of drug-likeness (QED) is 0.671. The van der Waals surface area contributed by atoms with Crippen LogP contribution in [0.3, 0.4) is 0 Å². The number of ether oxygens (including phenoxy) is 1. The molecule has 0 amide bonds. The molecule has 2 nitrogen and oxygen atoms in total. The Morgan fingerprint density at radius 2 is 2.19 bits per heavy atom. The number of fused-ring (bicyclic) bond motifs is 2. The van der Waals surface area contributed by atoms with Crippen molar-refractivity contribution in [2.24, 2.45) is 0 Å². The minimum Gasteiger partial charge on any atom is -0.490 e. The van der Waals surface area contributed by atoms with Gasteiger partial charge in [0, 0.05) is 12.0 Å². The molecule has 16 heavy (non-hydrogen) atoms. The zero-order valence-corrected chi connectivity index (χ0v) is 8.91. The predicted octanol–water partition coefficient (Wildman–Crippen LogP) is 2.41. The predicted molar refractivity (Wildman–Crippen MR) is 57.4 cm³/mol. The van der Waals surface area contributed by atoms with Crippen LogP contribution in [0.25, 0.3) is 0 Å². The van der Waals surface area contributed by atoms with E-state index in [9.17, 15) is 9.18 Å². The molecule has 1 aromatic carbocycles. The van der Waals surface area contributed by atoms with Crippen molar-refractivity contribution in [2.75, 3.05) is 6.61 Å². The van der Waals surface area contributed by atoms with Gasteiger partial charge in [0.25, 0.3) is 0 Å². The van der Waals surface area contributed by atoms with E-state index in [1.165, 1.54) is 0 Å². The average Bonchev–Trinajstić information content (AvgIpc) is 2.68. The summed E-state index contributed by atoms with van der Waals surface area (Å²) in [5.41, 5.74) is -0.161. The highest BCUT2D eigenvalue weighted by Gasteiger charge is 2.53. The summed E-state index contributed by atoms with van der Waals surface area (Å²) in [7, 11) is 0. The molecular weight excluding hydrogens is 207 g/mol. The van der Waals surface area contributed by atoms with Crippen LogP contribution in [-0.2, 0) is 10.2 Å². The Kier molecular flexibility index (Phi) is 2.03. The first-order valence-electron chi connectivity index (χ1n) is 5.65. The van der Waals surface area contributed by atoms with Crippen LogP contribution < -0.4 is 4.74 Å². The van der Waals surface area contributed by atoms with E-state index in [1.54, 1.807) is 0 Å². The van der Waals surface area contributed by atoms with Gasteiger partial charge in [-0.2, -0.15) is 0 Å². The second kappa shape index (κ2) is 3.30. The van der Waals surface area contributed by atoms with Gasteiger partial charge < -0.3 is 4.74 Å². The number of hydrogen-bond acceptors (Lipinski definition) is 2. The van der Waals surface area contributed by atoms with Crippen molar-refractivity contribution in [3.05, 3.63) is 29.8 Å². The third-order valence-electron chi connectivity index (χ3n) is 3.76. The third-order valence-corrected chi connectivity index (χ3v) is 3.76. The molecule has 1 aliphatic carbocycles. The Balaban J connectivity index is 2.20. The highest BCUT2D eigenvalue weighted by molar-refractivity contribution is 5.94. The minimum absolute atomic E-state index is 0.00273. The average molecular weight is 220 g/mol. The molecule has 1 aromatic rings. The fourth-order valence-electron chi connectivity index (χ4n) is 2.94. The van der Waals surface area contributed by atoms with Crippen LogP contribution in [-0.4, -0.2) is 18.6 Å². The first kappa shape index (κ1) is 9.82. The molecule has 3 heteroatoms. The zero-order chi connectivity index (χ0) is 11.2. The van der Waals surface area contributed by atoms with E-state index in [0.29, 0.717) is 18.6 Å². The Morgan fingerprint density at radius 1 is 1.38 bits per heavy atom. The van der Waals surface area contributed by atoms with Gasteiger partial charge in [-0.1, -0.05) is 18.2 Å². The molecular formula is C13H13FO2. The van der Waals surface area contributed by atoms with Crippen LogP contribution in [0.1, 0.15) is 24.8 Å². The van der Waals surface area contributed by atoms with Gasteiger partial charge in [-0.3, -0.25) is 4.79 Å². The Bertz CT molecular complexity index is 443. The monoisotopic (exact) mass is 220 g/mol. The van der Waals surface area contributed by atoms with E-state index < -0.39 is 11.6 Å². The summed E-state index contributed by atoms with van der Waals surface area (Å²) in [4.78, 5) is 12.0. The Labute approximate surface area is 93.4 Å². The van der Waals surface area contributed by atoms with E-state index >= 15 is 0 Å². The zero-order valence-electron chi connectivity index (χ0n) is 8.91. The van der Waals surface area contributed by atoms with E-state index in [2.05, 4.69) is 0 Å². The van der Waals surface area contributed by atoms with Crippen molar-refractivity contribution in [3.63, 3.8) is 0 Å². The summed E-state index contributed by atoms with van der Waals surface area (Å²) in [5.74, 6) is 0.711. The van der Waals surface area contributed by atoms with E-state index in [-0.39, 0.29) is 12.4 Å². The molecule has 0 bridgehead atoms. The van der Waals surface area contributed by atoms with Gasteiger partial charge in [0.15, 0.2) is 6.17 Å². The number of carbonyl (C=O) groups is 1. The first-order chi connectivity index (χ1) is 7.75. The maximum atomic E-state index is 14.1. The molecule has 0 aromatic heterocycles. The third kappa shape index (κ3) is 1.09. The summed E-state index contributed by atoms with van der Waals surface area (Å²) in [6.07, 6.45) is 0.702. The lowest BCUT2D eigenvalue weighted by atomic mass is 9.72. The molecule has 1 saturated carbocycles. The van der Waals surface area contributed by atoms with Crippen molar-refractivity contribution < 1.29 is 13.9 Å². The lowest BCUT2D eigenvalue weighted by molar-refractivity contribution is -0.125. The maximum absolute atomic E-state index is 14.1. The van der Waals surface area contributed by atoms with Crippen LogP contribution in [0.2, 0.25) is 0 Å². The number of halogens is 1. The van der Waals surface area contributed by atoms with Gasteiger partial charge in [0.1, 0.15) is 18.1 Å². The lowest BCUT2D eigenvalue weighted by Crippen LogP contribution is -2.47. The molecule has 1 fully saturated rings. The highest BCUT2D eigenvalue weighted by atomic mass is 19.1. The largest absolute Gasteiger partial charge is 0.490 e. The number of Topliss-reactive ketones (excluding diaryl/α,β-unsaturated/α-hetero) is 1. The van der Waals surface area contributed by atoms with Crippen molar-refractivity contribution in [1.29, 1.82) is 0 Å². The van der Waals surface area contributed by atoms with Crippen LogP contribution in [0, 0.1) is 0 Å². The molecule has 2 atom stereocenters. The molecule has 0 saturated heterocycles. The van der Waals surface area contributed by atoms with Gasteiger partial charge >= 0.3 is 0 Å². The van der Waals surface area contributed by atoms with Crippen LogP contribution in [0.4, 0.5) is 4.39 Å². The molecule has 2 aliphatic rings. The molecule has 1 spiro atoms. The number of benzene rings is 1. The number of carbonyl (C=O) groups excluding carboxylic acids is 1. The van der Waals surface area contributed by atoms with Crippen LogP contribution >= 0.6 is 0 Å². The van der Waals surface area contributed by atoms with Gasteiger partial charge in [0.2, 0.25) is 0 Å². The Hall–Kier alpha value is -1.38. The smallest absolute Gasteiger partial charge is 0.151 e. The van der Waals surface area contributed by atoms with E-state index in [1.807, 2.05) is 24.3 Å². The summed E-state index contributed by atoms with van der Waals surface area (Å²) in [6.45, 7) is 0.00273. The van der Waals surface area contributed by atoms with Gasteiger partial charge in [-0.25, -0.2) is 4.39 Å². The summed E-state index contributed by atoms with van der Waals surface area (Å²) in [6, 6.07) is 7.33. The fourth-order valence-corrected chi connectivity index (χ4v) is 2.94. The normalized spacial score (nSPS) is 32.6. The molecule has 84 valence electrons. The summed E-state index contributed by atoms with van der Waals surface area (Å²) >= 11 is 0. The van der Waals surface area contributed by atoms with E-state index in [0.717, 1.165) is 12.0 Å². The fraction of sp³-hybridized carbons (Fsp3) is 0.462. The number of rotatable bonds is 0. The topological polar surface area (TPSA) is 26.3 Å². The van der Waals surface area contributed by atoms with Crippen LogP contribution in [0.5, 0.6) is 5.75 Å². The highest BCUT2D eigenvalue weighted by Crippen LogP contribution is 2.48. The van der Waals surface area contributed by atoms with Crippen molar-refractivity contribution in [2.45, 2.75) is 30.8 Å². The standard InChI is InChI=1S/C13H13FO2/c14-11-8-16-10-5-2-1-4-9(10)13(11)7-3-6-12(13)15/h1-2,4-5,11H,3,6-8H2. The number of ketones is 1. The van der Waals surface area contributed by atoms with E-state index in [4.69, 9.17) is 4.74 Å². The summed E-state index contributed by atoms with van der Waals surface area (Å²) < 4.78 is 19.5. The molecule has 3 rings (SSSR count). The van der Waals surface area contributed by atoms with Crippen molar-refractivity contribution in [3.8, 4) is 5.75 Å². The number of para-hydroxylation sites is 1. The SMILES string of the molecule is O=C1CCCC12c1ccccc1OCC2F. The molecule has 1 aliphatic heterocycles. The maximum Gasteiger partial charge on any atom is 0.151 e. The molecule has 2 unspecified atom stereocenters. The molecule has 0 N–H and O–H groups in total. The minimum atomic E-state index is -1.20. The van der Waals surface area contributed by atoms with Gasteiger partial charge in [-0.05, 0) is 18.9 Å². The van der Waals surface area contributed by atoms with Crippen molar-refractivity contribution >= 4 is 5.78 Å². The molecule has 1 heterocycles. The second-order valence-electron chi connectivity index (χ2n) is 4.52.